The second kappa shape index (κ2) is 5.56. The standard InChI is InChI=1S/C8H15NO5/c1-5(9(2)3)14-8(13)6(10)4-7(11)12/h5-6,10H,4H2,1-3H3,(H,11,12). The highest BCUT2D eigenvalue weighted by Crippen LogP contribution is 2.00. The van der Waals surface area contributed by atoms with E-state index < -0.39 is 30.7 Å². The van der Waals surface area contributed by atoms with Crippen LogP contribution in [0.2, 0.25) is 0 Å². The number of aliphatic carboxylic acids is 1. The van der Waals surface area contributed by atoms with Crippen molar-refractivity contribution in [3.8, 4) is 0 Å². The quantitative estimate of drug-likeness (QED) is 0.454. The lowest BCUT2D eigenvalue weighted by Crippen LogP contribution is -2.35. The molecule has 0 aromatic carbocycles. The van der Waals surface area contributed by atoms with Crippen molar-refractivity contribution < 1.29 is 24.5 Å². The summed E-state index contributed by atoms with van der Waals surface area (Å²) in [6.45, 7) is 1.62. The molecule has 0 aliphatic carbocycles. The molecule has 0 radical (unpaired) electrons. The van der Waals surface area contributed by atoms with Gasteiger partial charge < -0.3 is 14.9 Å². The number of hydrogen-bond acceptors (Lipinski definition) is 5. The first kappa shape index (κ1) is 12.9. The van der Waals surface area contributed by atoms with Crippen LogP contribution in [0.25, 0.3) is 0 Å². The van der Waals surface area contributed by atoms with Crippen LogP contribution in [0.15, 0.2) is 0 Å². The van der Waals surface area contributed by atoms with Crippen molar-refractivity contribution in [2.75, 3.05) is 14.1 Å². The van der Waals surface area contributed by atoms with Crippen molar-refractivity contribution in [3.63, 3.8) is 0 Å². The SMILES string of the molecule is CC(OC(=O)C(O)CC(=O)O)N(C)C. The van der Waals surface area contributed by atoms with Crippen molar-refractivity contribution in [3.05, 3.63) is 0 Å². The Morgan fingerprint density at radius 3 is 2.29 bits per heavy atom. The molecule has 0 spiro atoms. The molecule has 0 aromatic heterocycles. The van der Waals surface area contributed by atoms with Gasteiger partial charge in [-0.1, -0.05) is 0 Å². The number of aliphatic hydroxyl groups excluding tert-OH is 1. The van der Waals surface area contributed by atoms with Gasteiger partial charge in [-0.25, -0.2) is 4.79 Å². The summed E-state index contributed by atoms with van der Waals surface area (Å²) in [5.74, 6) is -2.17. The fraction of sp³-hybridized carbons (Fsp3) is 0.750. The molecule has 0 amide bonds. The molecule has 0 saturated carbocycles. The van der Waals surface area contributed by atoms with E-state index in [1.54, 1.807) is 25.9 Å². The van der Waals surface area contributed by atoms with E-state index in [1.807, 2.05) is 0 Å². The predicted molar refractivity (Wildman–Crippen MR) is 47.5 cm³/mol. The van der Waals surface area contributed by atoms with Gasteiger partial charge in [-0.05, 0) is 21.0 Å². The molecule has 0 rings (SSSR count). The van der Waals surface area contributed by atoms with E-state index in [2.05, 4.69) is 0 Å². The molecular formula is C8H15NO5. The number of carboxylic acids is 1. The number of carbonyl (C=O) groups is 2. The summed E-state index contributed by atoms with van der Waals surface area (Å²) in [5.41, 5.74) is 0. The smallest absolute Gasteiger partial charge is 0.337 e. The van der Waals surface area contributed by atoms with Gasteiger partial charge in [0.05, 0.1) is 6.42 Å². The average Bonchev–Trinajstić information content (AvgIpc) is 2.02. The van der Waals surface area contributed by atoms with Crippen LogP contribution in [-0.4, -0.2) is 53.5 Å². The molecule has 2 atom stereocenters. The molecular weight excluding hydrogens is 190 g/mol. The van der Waals surface area contributed by atoms with E-state index >= 15 is 0 Å². The van der Waals surface area contributed by atoms with Crippen LogP contribution in [0, 0.1) is 0 Å². The monoisotopic (exact) mass is 205 g/mol. The van der Waals surface area contributed by atoms with E-state index in [0.29, 0.717) is 0 Å². The molecule has 6 heteroatoms. The third-order valence-corrected chi connectivity index (χ3v) is 1.65. The molecule has 0 fully saturated rings. The zero-order chi connectivity index (χ0) is 11.3. The summed E-state index contributed by atoms with van der Waals surface area (Å²) in [6.07, 6.45) is -2.74. The molecule has 0 saturated heterocycles. The number of carbonyl (C=O) groups excluding carboxylic acids is 1. The van der Waals surface area contributed by atoms with Crippen LogP contribution in [0.3, 0.4) is 0 Å². The van der Waals surface area contributed by atoms with Gasteiger partial charge in [0.1, 0.15) is 0 Å². The Kier molecular flexibility index (Phi) is 5.11. The summed E-state index contributed by atoms with van der Waals surface area (Å²) in [5, 5.41) is 17.3. The molecule has 0 aliphatic heterocycles. The normalized spacial score (nSPS) is 14.9. The van der Waals surface area contributed by atoms with Gasteiger partial charge in [0.2, 0.25) is 0 Å². The van der Waals surface area contributed by atoms with E-state index in [4.69, 9.17) is 14.9 Å². The van der Waals surface area contributed by atoms with Crippen LogP contribution in [0.5, 0.6) is 0 Å². The number of carboxylic acid groups (broad SMARTS) is 1. The van der Waals surface area contributed by atoms with E-state index in [-0.39, 0.29) is 0 Å². The lowest BCUT2D eigenvalue weighted by atomic mass is 10.2. The Balaban J connectivity index is 4.01. The van der Waals surface area contributed by atoms with Crippen LogP contribution in [0.1, 0.15) is 13.3 Å². The lowest BCUT2D eigenvalue weighted by Gasteiger charge is -2.21. The van der Waals surface area contributed by atoms with Gasteiger partial charge in [0.15, 0.2) is 12.3 Å². The van der Waals surface area contributed by atoms with Crippen molar-refractivity contribution in [2.24, 2.45) is 0 Å². The molecule has 14 heavy (non-hydrogen) atoms. The van der Waals surface area contributed by atoms with E-state index in [0.717, 1.165) is 0 Å². The number of rotatable bonds is 5. The highest BCUT2D eigenvalue weighted by molar-refractivity contribution is 5.80. The summed E-state index contributed by atoms with van der Waals surface area (Å²) in [6, 6.07) is 0. The molecule has 6 nitrogen and oxygen atoms in total. The maximum Gasteiger partial charge on any atom is 0.337 e. The van der Waals surface area contributed by atoms with Crippen LogP contribution in [0.4, 0.5) is 0 Å². The lowest BCUT2D eigenvalue weighted by molar-refractivity contribution is -0.168. The maximum atomic E-state index is 11.0. The van der Waals surface area contributed by atoms with Crippen LogP contribution >= 0.6 is 0 Å². The largest absolute Gasteiger partial charge is 0.481 e. The number of ether oxygens (including phenoxy) is 1. The zero-order valence-corrected chi connectivity index (χ0v) is 8.43. The van der Waals surface area contributed by atoms with Gasteiger partial charge >= 0.3 is 11.9 Å². The van der Waals surface area contributed by atoms with Gasteiger partial charge in [-0.2, -0.15) is 0 Å². The van der Waals surface area contributed by atoms with Crippen molar-refractivity contribution in [2.45, 2.75) is 25.7 Å². The van der Waals surface area contributed by atoms with Crippen molar-refractivity contribution in [1.29, 1.82) is 0 Å². The predicted octanol–water partition coefficient (Wildman–Crippen LogP) is -0.727. The Labute approximate surface area is 82.1 Å². The van der Waals surface area contributed by atoms with Crippen molar-refractivity contribution >= 4 is 11.9 Å². The minimum Gasteiger partial charge on any atom is -0.481 e. The summed E-state index contributed by atoms with van der Waals surface area (Å²) in [7, 11) is 3.39. The van der Waals surface area contributed by atoms with Crippen LogP contribution in [-0.2, 0) is 14.3 Å². The average molecular weight is 205 g/mol. The fourth-order valence-corrected chi connectivity index (χ4v) is 0.601. The first-order valence-corrected chi connectivity index (χ1v) is 4.11. The molecule has 0 aliphatic rings. The van der Waals surface area contributed by atoms with Crippen LogP contribution < -0.4 is 0 Å². The maximum absolute atomic E-state index is 11.0. The molecule has 82 valence electrons. The van der Waals surface area contributed by atoms with Gasteiger partial charge in [-0.3, -0.25) is 9.69 Å². The first-order valence-electron chi connectivity index (χ1n) is 4.11. The Hall–Kier alpha value is -1.14. The third kappa shape index (κ3) is 4.78. The Morgan fingerprint density at radius 1 is 1.43 bits per heavy atom. The third-order valence-electron chi connectivity index (χ3n) is 1.65. The number of aliphatic hydroxyl groups is 1. The summed E-state index contributed by atoms with van der Waals surface area (Å²) in [4.78, 5) is 22.8. The van der Waals surface area contributed by atoms with E-state index in [9.17, 15) is 9.59 Å². The summed E-state index contributed by atoms with van der Waals surface area (Å²) < 4.78 is 4.75. The molecule has 0 aromatic rings. The minimum atomic E-state index is -1.60. The molecule has 0 bridgehead atoms. The Morgan fingerprint density at radius 2 is 1.93 bits per heavy atom. The van der Waals surface area contributed by atoms with Gasteiger partial charge in [-0.15, -0.1) is 0 Å². The second-order valence-corrected chi connectivity index (χ2v) is 3.11. The topological polar surface area (TPSA) is 87.1 Å². The highest BCUT2D eigenvalue weighted by Gasteiger charge is 2.22. The molecule has 2 N–H and O–H groups in total. The zero-order valence-electron chi connectivity index (χ0n) is 8.43. The molecule has 2 unspecified atom stereocenters. The number of esters is 1. The van der Waals surface area contributed by atoms with Gasteiger partial charge in [0, 0.05) is 0 Å². The highest BCUT2D eigenvalue weighted by atomic mass is 16.6. The first-order chi connectivity index (χ1) is 6.34. The van der Waals surface area contributed by atoms with Gasteiger partial charge in [0.25, 0.3) is 0 Å². The number of hydrogen-bond donors (Lipinski definition) is 2. The Bertz CT molecular complexity index is 216. The fourth-order valence-electron chi connectivity index (χ4n) is 0.601. The number of nitrogens with zero attached hydrogens (tertiary/aromatic N) is 1. The summed E-state index contributed by atoms with van der Waals surface area (Å²) >= 11 is 0. The van der Waals surface area contributed by atoms with E-state index in [1.165, 1.54) is 0 Å². The minimum absolute atomic E-state index is 0.494. The molecule has 0 heterocycles. The second-order valence-electron chi connectivity index (χ2n) is 3.11. The van der Waals surface area contributed by atoms with Crippen molar-refractivity contribution in [1.82, 2.24) is 4.90 Å².